The highest BCUT2D eigenvalue weighted by atomic mass is 32.1. The molecule has 0 amide bonds. The molecule has 6 heteroatoms. The minimum Gasteiger partial charge on any atom is -0.484 e. The van der Waals surface area contributed by atoms with Crippen LogP contribution in [0, 0.1) is 6.92 Å². The molecule has 0 aromatic heterocycles. The van der Waals surface area contributed by atoms with Crippen LogP contribution in [0.25, 0.3) is 0 Å². The molecule has 0 saturated carbocycles. The van der Waals surface area contributed by atoms with E-state index in [1.165, 1.54) is 0 Å². The van der Waals surface area contributed by atoms with Gasteiger partial charge in [-0.2, -0.15) is 5.10 Å². The van der Waals surface area contributed by atoms with E-state index in [-0.39, 0.29) is 5.11 Å². The van der Waals surface area contributed by atoms with Crippen molar-refractivity contribution in [3.8, 4) is 11.5 Å². The molecule has 0 saturated heterocycles. The molecular weight excluding hydrogens is 238 g/mol. The van der Waals surface area contributed by atoms with Crippen LogP contribution in [-0.2, 0) is 0 Å². The molecule has 17 heavy (non-hydrogen) atoms. The summed E-state index contributed by atoms with van der Waals surface area (Å²) in [5, 5.41) is 4.12. The third-order valence-corrected chi connectivity index (χ3v) is 2.30. The zero-order valence-electron chi connectivity index (χ0n) is 9.40. The summed E-state index contributed by atoms with van der Waals surface area (Å²) in [6.45, 7) is 2.70. The Balaban J connectivity index is 2.11. The molecule has 0 atom stereocenters. The average molecular weight is 251 g/mol. The summed E-state index contributed by atoms with van der Waals surface area (Å²) >= 11 is 4.66. The van der Waals surface area contributed by atoms with Gasteiger partial charge in [0.25, 0.3) is 0 Å². The van der Waals surface area contributed by atoms with Gasteiger partial charge in [0.15, 0.2) is 16.6 Å². The Bertz CT molecular complexity index is 474. The molecule has 90 valence electrons. The van der Waals surface area contributed by atoms with Crippen LogP contribution in [-0.4, -0.2) is 24.0 Å². The standard InChI is InChI=1S/C11H13N3O2S/c1-7-2-3-9-10(4-7)16-6-8(5-15-9)13-14-11(12)17/h2-4H,5-6H2,1H3,(H3,12,14,17)/b13-8+. The third kappa shape index (κ3) is 3.07. The number of fused-ring (bicyclic) bond motifs is 1. The second-order valence-corrected chi connectivity index (χ2v) is 4.12. The Labute approximate surface area is 105 Å². The highest BCUT2D eigenvalue weighted by molar-refractivity contribution is 7.80. The van der Waals surface area contributed by atoms with Crippen molar-refractivity contribution in [2.75, 3.05) is 13.2 Å². The molecule has 0 fully saturated rings. The van der Waals surface area contributed by atoms with E-state index in [2.05, 4.69) is 22.7 Å². The van der Waals surface area contributed by atoms with Crippen molar-refractivity contribution in [3.05, 3.63) is 23.8 Å². The first-order chi connectivity index (χ1) is 8.15. The number of hydrazone groups is 1. The molecule has 3 N–H and O–H groups in total. The molecule has 1 aromatic carbocycles. The van der Waals surface area contributed by atoms with Crippen LogP contribution in [0.2, 0.25) is 0 Å². The van der Waals surface area contributed by atoms with Crippen molar-refractivity contribution in [1.82, 2.24) is 5.43 Å². The second kappa shape index (κ2) is 5.01. The lowest BCUT2D eigenvalue weighted by molar-refractivity contribution is 0.354. The molecule has 0 unspecified atom stereocenters. The minimum absolute atomic E-state index is 0.120. The van der Waals surface area contributed by atoms with Gasteiger partial charge in [0.1, 0.15) is 18.9 Å². The number of hydrogen-bond acceptors (Lipinski definition) is 4. The lowest BCUT2D eigenvalue weighted by Crippen LogP contribution is -2.28. The maximum absolute atomic E-state index is 5.59. The van der Waals surface area contributed by atoms with E-state index < -0.39 is 0 Å². The summed E-state index contributed by atoms with van der Waals surface area (Å²) in [4.78, 5) is 0. The van der Waals surface area contributed by atoms with E-state index in [4.69, 9.17) is 15.2 Å². The molecular formula is C11H13N3O2S. The molecule has 1 aromatic rings. The maximum atomic E-state index is 5.59. The molecule has 5 nitrogen and oxygen atoms in total. The van der Waals surface area contributed by atoms with Gasteiger partial charge in [0.2, 0.25) is 0 Å². The maximum Gasteiger partial charge on any atom is 0.184 e. The van der Waals surface area contributed by atoms with Gasteiger partial charge >= 0.3 is 0 Å². The Morgan fingerprint density at radius 2 is 2.06 bits per heavy atom. The predicted molar refractivity (Wildman–Crippen MR) is 69.5 cm³/mol. The Morgan fingerprint density at radius 1 is 1.35 bits per heavy atom. The van der Waals surface area contributed by atoms with Crippen molar-refractivity contribution in [3.63, 3.8) is 0 Å². The average Bonchev–Trinajstić information content (AvgIpc) is 2.48. The summed E-state index contributed by atoms with van der Waals surface area (Å²) in [6.07, 6.45) is 0. The number of hydrogen-bond donors (Lipinski definition) is 2. The van der Waals surface area contributed by atoms with Crippen molar-refractivity contribution < 1.29 is 9.47 Å². The second-order valence-electron chi connectivity index (χ2n) is 3.68. The van der Waals surface area contributed by atoms with Crippen molar-refractivity contribution in [2.24, 2.45) is 10.8 Å². The first-order valence-electron chi connectivity index (χ1n) is 5.12. The molecule has 0 bridgehead atoms. The van der Waals surface area contributed by atoms with Gasteiger partial charge in [0.05, 0.1) is 0 Å². The van der Waals surface area contributed by atoms with Crippen LogP contribution in [0.4, 0.5) is 0 Å². The number of rotatable bonds is 1. The van der Waals surface area contributed by atoms with E-state index in [0.717, 1.165) is 17.1 Å². The third-order valence-electron chi connectivity index (χ3n) is 2.21. The normalized spacial score (nSPS) is 16.4. The summed E-state index contributed by atoms with van der Waals surface area (Å²) in [5.74, 6) is 1.45. The summed E-state index contributed by atoms with van der Waals surface area (Å²) < 4.78 is 11.2. The van der Waals surface area contributed by atoms with E-state index >= 15 is 0 Å². The zero-order valence-corrected chi connectivity index (χ0v) is 10.2. The van der Waals surface area contributed by atoms with Crippen LogP contribution in [0.1, 0.15) is 5.56 Å². The molecule has 1 aliphatic heterocycles. The molecule has 1 heterocycles. The molecule has 1 aliphatic rings. The zero-order chi connectivity index (χ0) is 12.3. The van der Waals surface area contributed by atoms with Crippen LogP contribution in [0.3, 0.4) is 0 Å². The Kier molecular flexibility index (Phi) is 3.43. The van der Waals surface area contributed by atoms with Crippen molar-refractivity contribution >= 4 is 23.0 Å². The first-order valence-corrected chi connectivity index (χ1v) is 5.53. The summed E-state index contributed by atoms with van der Waals surface area (Å²) in [5.41, 5.74) is 9.62. The fraction of sp³-hybridized carbons (Fsp3) is 0.273. The fourth-order valence-corrected chi connectivity index (χ4v) is 1.46. The Hall–Kier alpha value is -1.82. The van der Waals surface area contributed by atoms with Crippen molar-refractivity contribution in [1.29, 1.82) is 0 Å². The SMILES string of the molecule is Cc1ccc2c(c1)OC/C(=N/NC(N)=S)CO2. The number of aryl methyl sites for hydroxylation is 1. The lowest BCUT2D eigenvalue weighted by atomic mass is 10.2. The summed E-state index contributed by atoms with van der Waals surface area (Å²) in [7, 11) is 0. The number of thiocarbonyl (C=S) groups is 1. The highest BCUT2D eigenvalue weighted by Crippen LogP contribution is 2.29. The highest BCUT2D eigenvalue weighted by Gasteiger charge is 2.13. The van der Waals surface area contributed by atoms with Gasteiger partial charge in [-0.05, 0) is 36.8 Å². The van der Waals surface area contributed by atoms with Crippen LogP contribution in [0.5, 0.6) is 11.5 Å². The smallest absolute Gasteiger partial charge is 0.184 e. The molecule has 0 spiro atoms. The van der Waals surface area contributed by atoms with Crippen molar-refractivity contribution in [2.45, 2.75) is 6.92 Å². The number of nitrogens with one attached hydrogen (secondary N) is 1. The van der Waals surface area contributed by atoms with E-state index in [1.54, 1.807) is 0 Å². The monoisotopic (exact) mass is 251 g/mol. The van der Waals surface area contributed by atoms with E-state index in [9.17, 15) is 0 Å². The van der Waals surface area contributed by atoms with Crippen LogP contribution in [0.15, 0.2) is 23.3 Å². The predicted octanol–water partition coefficient (Wildman–Crippen LogP) is 0.955. The lowest BCUT2D eigenvalue weighted by Gasteiger charge is -2.06. The van der Waals surface area contributed by atoms with Crippen LogP contribution < -0.4 is 20.6 Å². The number of nitrogens with zero attached hydrogens (tertiary/aromatic N) is 1. The summed E-state index contributed by atoms with van der Waals surface area (Å²) in [6, 6.07) is 5.78. The van der Waals surface area contributed by atoms with Gasteiger partial charge in [-0.15, -0.1) is 0 Å². The quantitative estimate of drug-likeness (QED) is 0.574. The van der Waals surface area contributed by atoms with E-state index in [0.29, 0.717) is 18.9 Å². The minimum atomic E-state index is 0.120. The largest absolute Gasteiger partial charge is 0.484 e. The van der Waals surface area contributed by atoms with Crippen LogP contribution >= 0.6 is 12.2 Å². The van der Waals surface area contributed by atoms with E-state index in [1.807, 2.05) is 25.1 Å². The fourth-order valence-electron chi connectivity index (χ4n) is 1.41. The number of ether oxygens (including phenoxy) is 2. The Morgan fingerprint density at radius 3 is 2.76 bits per heavy atom. The molecule has 0 aliphatic carbocycles. The van der Waals surface area contributed by atoms with Gasteiger partial charge in [-0.3, -0.25) is 5.43 Å². The van der Waals surface area contributed by atoms with Gasteiger partial charge in [-0.1, -0.05) is 6.07 Å². The molecule has 2 rings (SSSR count). The first kappa shape index (κ1) is 11.7. The topological polar surface area (TPSA) is 68.9 Å². The van der Waals surface area contributed by atoms with Gasteiger partial charge < -0.3 is 15.2 Å². The van der Waals surface area contributed by atoms with Gasteiger partial charge in [0, 0.05) is 0 Å². The number of benzene rings is 1. The number of nitrogens with two attached hydrogens (primary N) is 1. The van der Waals surface area contributed by atoms with Gasteiger partial charge in [-0.25, -0.2) is 0 Å². The molecule has 0 radical (unpaired) electrons.